The number of non-ortho nitro benzene ring substituents is 1. The summed E-state index contributed by atoms with van der Waals surface area (Å²) in [7, 11) is 0. The number of nitrogens with zero attached hydrogens (tertiary/aromatic N) is 1. The predicted octanol–water partition coefficient (Wildman–Crippen LogP) is 5.28. The zero-order valence-electron chi connectivity index (χ0n) is 16.3. The van der Waals surface area contributed by atoms with E-state index in [1.165, 1.54) is 18.2 Å². The summed E-state index contributed by atoms with van der Waals surface area (Å²) in [5, 5.41) is 15.7. The summed E-state index contributed by atoms with van der Waals surface area (Å²) >= 11 is 4.46. The molecule has 10 heteroatoms. The molecule has 2 aromatic carbocycles. The first kappa shape index (κ1) is 22.4. The molecular weight excluding hydrogens is 488 g/mol. The molecule has 1 N–H and O–H groups in total. The fraction of sp³-hybridized carbons (Fsp3) is 0.143. The fourth-order valence-corrected chi connectivity index (χ4v) is 4.08. The largest absolute Gasteiger partial charge is 0.484 e. The Kier molecular flexibility index (Phi) is 7.37. The van der Waals surface area contributed by atoms with Crippen molar-refractivity contribution in [2.24, 2.45) is 0 Å². The van der Waals surface area contributed by atoms with E-state index in [4.69, 9.17) is 9.47 Å². The van der Waals surface area contributed by atoms with Gasteiger partial charge in [0.05, 0.1) is 11.5 Å². The number of halogens is 1. The average molecular weight is 505 g/mol. The lowest BCUT2D eigenvalue weighted by molar-refractivity contribution is -0.384. The predicted molar refractivity (Wildman–Crippen MR) is 121 cm³/mol. The standard InChI is InChI=1S/C21H17BrN2O6S/c1-2-29-21(26)19-17(13-5-3-7-15(9-13)24(27)28)12-31-20(19)23-18(25)11-30-16-8-4-6-14(22)10-16/h3-10,12H,2,11H2,1H3,(H,23,25). The molecule has 1 amide bonds. The van der Waals surface area contributed by atoms with Crippen LogP contribution in [0.4, 0.5) is 10.7 Å². The van der Waals surface area contributed by atoms with Gasteiger partial charge >= 0.3 is 5.97 Å². The Hall–Kier alpha value is -3.24. The molecule has 0 radical (unpaired) electrons. The number of ether oxygens (including phenoxy) is 2. The maximum Gasteiger partial charge on any atom is 0.341 e. The number of rotatable bonds is 8. The highest BCUT2D eigenvalue weighted by molar-refractivity contribution is 9.10. The van der Waals surface area contributed by atoms with Crippen LogP contribution in [0, 0.1) is 10.1 Å². The van der Waals surface area contributed by atoms with Crippen LogP contribution in [0.25, 0.3) is 11.1 Å². The highest BCUT2D eigenvalue weighted by atomic mass is 79.9. The van der Waals surface area contributed by atoms with Crippen molar-refractivity contribution in [2.45, 2.75) is 6.92 Å². The van der Waals surface area contributed by atoms with E-state index in [1.807, 2.05) is 6.07 Å². The lowest BCUT2D eigenvalue weighted by Gasteiger charge is -2.10. The molecule has 1 heterocycles. The molecule has 3 aromatic rings. The number of carbonyl (C=O) groups excluding carboxylic acids is 2. The first-order valence-electron chi connectivity index (χ1n) is 9.10. The topological polar surface area (TPSA) is 108 Å². The number of nitro benzene ring substituents is 1. The number of anilines is 1. The van der Waals surface area contributed by atoms with Crippen molar-refractivity contribution in [2.75, 3.05) is 18.5 Å². The van der Waals surface area contributed by atoms with Gasteiger partial charge in [-0.3, -0.25) is 14.9 Å². The van der Waals surface area contributed by atoms with Gasteiger partial charge in [0.15, 0.2) is 6.61 Å². The molecule has 1 aromatic heterocycles. The third kappa shape index (κ3) is 5.68. The van der Waals surface area contributed by atoms with Crippen molar-refractivity contribution in [3.8, 4) is 16.9 Å². The maximum atomic E-state index is 12.6. The van der Waals surface area contributed by atoms with Gasteiger partial charge in [-0.25, -0.2) is 4.79 Å². The van der Waals surface area contributed by atoms with Crippen LogP contribution in [0.5, 0.6) is 5.75 Å². The molecule has 0 saturated carbocycles. The van der Waals surface area contributed by atoms with Crippen molar-refractivity contribution in [1.82, 2.24) is 0 Å². The summed E-state index contributed by atoms with van der Waals surface area (Å²) in [5.41, 5.74) is 0.949. The van der Waals surface area contributed by atoms with Gasteiger partial charge in [-0.1, -0.05) is 34.1 Å². The molecule has 0 fully saturated rings. The number of hydrogen-bond acceptors (Lipinski definition) is 7. The molecule has 0 aliphatic rings. The second-order valence-electron chi connectivity index (χ2n) is 6.18. The van der Waals surface area contributed by atoms with Gasteiger partial charge in [-0.05, 0) is 30.7 Å². The fourth-order valence-electron chi connectivity index (χ4n) is 2.72. The molecular formula is C21H17BrN2O6S. The van der Waals surface area contributed by atoms with Gasteiger partial charge in [0.1, 0.15) is 16.3 Å². The van der Waals surface area contributed by atoms with Crippen molar-refractivity contribution in [3.63, 3.8) is 0 Å². The molecule has 8 nitrogen and oxygen atoms in total. The number of amides is 1. The normalized spacial score (nSPS) is 10.4. The van der Waals surface area contributed by atoms with Gasteiger partial charge in [0.25, 0.3) is 11.6 Å². The number of esters is 1. The van der Waals surface area contributed by atoms with Crippen LogP contribution in [0.15, 0.2) is 58.4 Å². The zero-order valence-corrected chi connectivity index (χ0v) is 18.7. The quantitative estimate of drug-likeness (QED) is 0.254. The summed E-state index contributed by atoms with van der Waals surface area (Å²) in [6.45, 7) is 1.55. The molecule has 3 rings (SSSR count). The third-order valence-electron chi connectivity index (χ3n) is 4.06. The maximum absolute atomic E-state index is 12.6. The molecule has 160 valence electrons. The van der Waals surface area contributed by atoms with E-state index in [0.29, 0.717) is 16.9 Å². The van der Waals surface area contributed by atoms with Crippen LogP contribution in [0.2, 0.25) is 0 Å². The Morgan fingerprint density at radius 2 is 1.97 bits per heavy atom. The third-order valence-corrected chi connectivity index (χ3v) is 5.45. The molecule has 0 spiro atoms. The molecule has 0 atom stereocenters. The van der Waals surface area contributed by atoms with Crippen LogP contribution >= 0.6 is 27.3 Å². The number of hydrogen-bond donors (Lipinski definition) is 1. The van der Waals surface area contributed by atoms with Gasteiger partial charge in [-0.2, -0.15) is 0 Å². The van der Waals surface area contributed by atoms with E-state index < -0.39 is 16.8 Å². The van der Waals surface area contributed by atoms with E-state index in [-0.39, 0.29) is 29.5 Å². The zero-order chi connectivity index (χ0) is 22.4. The monoisotopic (exact) mass is 504 g/mol. The number of carbonyl (C=O) groups is 2. The first-order valence-corrected chi connectivity index (χ1v) is 10.8. The minimum Gasteiger partial charge on any atom is -0.484 e. The Bertz CT molecular complexity index is 1130. The van der Waals surface area contributed by atoms with Crippen LogP contribution < -0.4 is 10.1 Å². The number of thiophene rings is 1. The molecule has 0 aliphatic carbocycles. The van der Waals surface area contributed by atoms with Crippen LogP contribution in [0.1, 0.15) is 17.3 Å². The molecule has 0 unspecified atom stereocenters. The summed E-state index contributed by atoms with van der Waals surface area (Å²) in [6.07, 6.45) is 0. The van der Waals surface area contributed by atoms with Gasteiger partial charge < -0.3 is 14.8 Å². The number of benzene rings is 2. The summed E-state index contributed by atoms with van der Waals surface area (Å²) in [4.78, 5) is 35.6. The second-order valence-corrected chi connectivity index (χ2v) is 7.97. The minimum atomic E-state index is -0.631. The van der Waals surface area contributed by atoms with Crippen LogP contribution in [-0.2, 0) is 9.53 Å². The Morgan fingerprint density at radius 3 is 2.68 bits per heavy atom. The highest BCUT2D eigenvalue weighted by Crippen LogP contribution is 2.37. The van der Waals surface area contributed by atoms with E-state index in [1.54, 1.807) is 36.6 Å². The van der Waals surface area contributed by atoms with E-state index in [2.05, 4.69) is 21.2 Å². The van der Waals surface area contributed by atoms with Crippen molar-refractivity contribution < 1.29 is 24.0 Å². The van der Waals surface area contributed by atoms with Crippen LogP contribution in [-0.4, -0.2) is 30.0 Å². The number of nitro groups is 1. The van der Waals surface area contributed by atoms with Gasteiger partial charge in [-0.15, -0.1) is 11.3 Å². The summed E-state index contributed by atoms with van der Waals surface area (Å²) < 4.78 is 11.4. The summed E-state index contributed by atoms with van der Waals surface area (Å²) in [5.74, 6) is -0.579. The average Bonchev–Trinajstić information content (AvgIpc) is 3.16. The summed E-state index contributed by atoms with van der Waals surface area (Å²) in [6, 6.07) is 13.0. The van der Waals surface area contributed by atoms with Crippen LogP contribution in [0.3, 0.4) is 0 Å². The SMILES string of the molecule is CCOC(=O)c1c(-c2cccc([N+](=O)[O-])c2)csc1NC(=O)COc1cccc(Br)c1. The van der Waals surface area contributed by atoms with Gasteiger partial charge in [0, 0.05) is 27.5 Å². The lowest BCUT2D eigenvalue weighted by Crippen LogP contribution is -2.21. The van der Waals surface area contributed by atoms with Crippen molar-refractivity contribution in [3.05, 3.63) is 74.1 Å². The van der Waals surface area contributed by atoms with E-state index in [0.717, 1.165) is 15.8 Å². The molecule has 0 saturated heterocycles. The van der Waals surface area contributed by atoms with Crippen molar-refractivity contribution >= 4 is 49.8 Å². The Morgan fingerprint density at radius 1 is 1.19 bits per heavy atom. The molecule has 0 aliphatic heterocycles. The first-order chi connectivity index (χ1) is 14.9. The van der Waals surface area contributed by atoms with E-state index in [9.17, 15) is 19.7 Å². The lowest BCUT2D eigenvalue weighted by atomic mass is 10.0. The second kappa shape index (κ2) is 10.2. The smallest absolute Gasteiger partial charge is 0.341 e. The molecule has 0 bridgehead atoms. The highest BCUT2D eigenvalue weighted by Gasteiger charge is 2.24. The van der Waals surface area contributed by atoms with Gasteiger partial charge in [0.2, 0.25) is 0 Å². The Balaban J connectivity index is 1.84. The molecule has 31 heavy (non-hydrogen) atoms. The minimum absolute atomic E-state index is 0.105. The number of nitrogens with one attached hydrogen (secondary N) is 1. The Labute approximate surface area is 190 Å². The van der Waals surface area contributed by atoms with Crippen molar-refractivity contribution in [1.29, 1.82) is 0 Å². The van der Waals surface area contributed by atoms with E-state index >= 15 is 0 Å².